The molecule has 0 radical (unpaired) electrons. The van der Waals surface area contributed by atoms with Crippen molar-refractivity contribution in [2.75, 3.05) is 0 Å². The Morgan fingerprint density at radius 1 is 1.11 bits per heavy atom. The summed E-state index contributed by atoms with van der Waals surface area (Å²) < 4.78 is 2.13. The van der Waals surface area contributed by atoms with Crippen molar-refractivity contribution in [3.8, 4) is 0 Å². The normalized spacial score (nSPS) is 11.8. The average molecular weight is 256 g/mol. The molecule has 1 aromatic carbocycles. The van der Waals surface area contributed by atoms with Crippen LogP contribution in [-0.4, -0.2) is 9.78 Å². The Morgan fingerprint density at radius 3 is 2.21 bits per heavy atom. The third-order valence-electron chi connectivity index (χ3n) is 3.40. The Balaban J connectivity index is 2.26. The lowest BCUT2D eigenvalue weighted by atomic mass is 9.91. The Labute approximate surface area is 116 Å². The molecule has 0 saturated carbocycles. The number of nitrogens with zero attached hydrogens (tertiary/aromatic N) is 2. The van der Waals surface area contributed by atoms with Crippen LogP contribution in [0.15, 0.2) is 30.3 Å². The maximum atomic E-state index is 4.73. The van der Waals surface area contributed by atoms with E-state index >= 15 is 0 Å². The summed E-state index contributed by atoms with van der Waals surface area (Å²) in [5.74, 6) is 0. The van der Waals surface area contributed by atoms with Crippen molar-refractivity contribution >= 4 is 0 Å². The van der Waals surface area contributed by atoms with Crippen molar-refractivity contribution in [3.63, 3.8) is 0 Å². The average Bonchev–Trinajstić information content (AvgIpc) is 2.75. The van der Waals surface area contributed by atoms with Gasteiger partial charge in [0, 0.05) is 24.1 Å². The van der Waals surface area contributed by atoms with Gasteiger partial charge < -0.3 is 0 Å². The van der Waals surface area contributed by atoms with Gasteiger partial charge in [0.05, 0.1) is 5.69 Å². The lowest BCUT2D eigenvalue weighted by molar-refractivity contribution is 0.497. The van der Waals surface area contributed by atoms with E-state index in [1.165, 1.54) is 16.8 Å². The van der Waals surface area contributed by atoms with Crippen LogP contribution in [0.5, 0.6) is 0 Å². The van der Waals surface area contributed by atoms with Crippen LogP contribution in [0.1, 0.15) is 50.2 Å². The van der Waals surface area contributed by atoms with E-state index in [4.69, 9.17) is 5.10 Å². The van der Waals surface area contributed by atoms with E-state index in [2.05, 4.69) is 69.6 Å². The van der Waals surface area contributed by atoms with Crippen LogP contribution in [0.4, 0.5) is 0 Å². The van der Waals surface area contributed by atoms with Crippen molar-refractivity contribution in [3.05, 3.63) is 52.8 Å². The van der Waals surface area contributed by atoms with Gasteiger partial charge >= 0.3 is 0 Å². The summed E-state index contributed by atoms with van der Waals surface area (Å²) in [6.45, 7) is 11.9. The minimum absolute atomic E-state index is 0.147. The first-order chi connectivity index (χ1) is 8.90. The molecule has 102 valence electrons. The molecule has 2 nitrogen and oxygen atoms in total. The molecular formula is C17H24N2. The summed E-state index contributed by atoms with van der Waals surface area (Å²) in [7, 11) is 0. The van der Waals surface area contributed by atoms with Gasteiger partial charge in [0.25, 0.3) is 0 Å². The number of benzene rings is 1. The molecule has 0 saturated heterocycles. The van der Waals surface area contributed by atoms with Crippen LogP contribution in [0.25, 0.3) is 0 Å². The molecule has 2 heteroatoms. The smallest absolute Gasteiger partial charge is 0.0671 e. The van der Waals surface area contributed by atoms with Crippen molar-refractivity contribution < 1.29 is 0 Å². The molecule has 1 aromatic heterocycles. The Kier molecular flexibility index (Phi) is 3.79. The SMILES string of the molecule is CCn1nc(Cc2ccc(C)cc2)cc1C(C)(C)C. The van der Waals surface area contributed by atoms with Crippen molar-refractivity contribution in [1.29, 1.82) is 0 Å². The van der Waals surface area contributed by atoms with Crippen LogP contribution in [0.3, 0.4) is 0 Å². The van der Waals surface area contributed by atoms with E-state index in [0.717, 1.165) is 18.7 Å². The minimum Gasteiger partial charge on any atom is -0.269 e. The van der Waals surface area contributed by atoms with Gasteiger partial charge in [0.1, 0.15) is 0 Å². The largest absolute Gasteiger partial charge is 0.269 e. The first-order valence-electron chi connectivity index (χ1n) is 7.03. The molecule has 2 rings (SSSR count). The highest BCUT2D eigenvalue weighted by Gasteiger charge is 2.20. The number of aryl methyl sites for hydroxylation is 2. The zero-order valence-electron chi connectivity index (χ0n) is 12.7. The molecule has 0 spiro atoms. The van der Waals surface area contributed by atoms with Crippen molar-refractivity contribution in [2.45, 2.75) is 53.0 Å². The van der Waals surface area contributed by atoms with Gasteiger partial charge in [-0.3, -0.25) is 4.68 Å². The lowest BCUT2D eigenvalue weighted by Gasteiger charge is -2.19. The van der Waals surface area contributed by atoms with Gasteiger partial charge in [-0.1, -0.05) is 50.6 Å². The van der Waals surface area contributed by atoms with Crippen molar-refractivity contribution in [2.24, 2.45) is 0 Å². The van der Waals surface area contributed by atoms with Gasteiger partial charge in [-0.15, -0.1) is 0 Å². The summed E-state index contributed by atoms with van der Waals surface area (Å²) in [5, 5.41) is 4.73. The first-order valence-corrected chi connectivity index (χ1v) is 7.03. The van der Waals surface area contributed by atoms with Gasteiger partial charge in [-0.25, -0.2) is 0 Å². The minimum atomic E-state index is 0.147. The molecule has 0 aliphatic heterocycles. The quantitative estimate of drug-likeness (QED) is 0.808. The van der Waals surface area contributed by atoms with Gasteiger partial charge in [0.2, 0.25) is 0 Å². The highest BCUT2D eigenvalue weighted by molar-refractivity contribution is 5.27. The van der Waals surface area contributed by atoms with Crippen LogP contribution in [0, 0.1) is 6.92 Å². The third kappa shape index (κ3) is 3.25. The van der Waals surface area contributed by atoms with E-state index in [9.17, 15) is 0 Å². The van der Waals surface area contributed by atoms with E-state index in [0.29, 0.717) is 0 Å². The van der Waals surface area contributed by atoms with E-state index < -0.39 is 0 Å². The lowest BCUT2D eigenvalue weighted by Crippen LogP contribution is -2.17. The van der Waals surface area contributed by atoms with Crippen LogP contribution >= 0.6 is 0 Å². The predicted molar refractivity (Wildman–Crippen MR) is 80.6 cm³/mol. The van der Waals surface area contributed by atoms with E-state index in [1.807, 2.05) is 0 Å². The van der Waals surface area contributed by atoms with Crippen LogP contribution < -0.4 is 0 Å². The second kappa shape index (κ2) is 5.20. The standard InChI is InChI=1S/C17H24N2/c1-6-19-16(17(3,4)5)12-15(18-19)11-14-9-7-13(2)8-10-14/h7-10,12H,6,11H2,1-5H3. The van der Waals surface area contributed by atoms with Crippen LogP contribution in [-0.2, 0) is 18.4 Å². The molecule has 19 heavy (non-hydrogen) atoms. The molecule has 1 heterocycles. The number of hydrogen-bond acceptors (Lipinski definition) is 1. The van der Waals surface area contributed by atoms with E-state index in [-0.39, 0.29) is 5.41 Å². The maximum absolute atomic E-state index is 4.73. The summed E-state index contributed by atoms with van der Waals surface area (Å²) in [4.78, 5) is 0. The first kappa shape index (κ1) is 13.9. The maximum Gasteiger partial charge on any atom is 0.0671 e. The monoisotopic (exact) mass is 256 g/mol. The van der Waals surface area contributed by atoms with Gasteiger partial charge in [-0.05, 0) is 25.5 Å². The molecular weight excluding hydrogens is 232 g/mol. The number of hydrogen-bond donors (Lipinski definition) is 0. The fourth-order valence-electron chi connectivity index (χ4n) is 2.32. The van der Waals surface area contributed by atoms with Crippen molar-refractivity contribution in [1.82, 2.24) is 9.78 Å². The number of rotatable bonds is 3. The van der Waals surface area contributed by atoms with E-state index in [1.54, 1.807) is 0 Å². The molecule has 0 bridgehead atoms. The molecule has 2 aromatic rings. The fraction of sp³-hybridized carbons (Fsp3) is 0.471. The Hall–Kier alpha value is -1.57. The zero-order chi connectivity index (χ0) is 14.0. The molecule has 0 N–H and O–H groups in total. The Bertz CT molecular complexity index is 542. The second-order valence-electron chi connectivity index (χ2n) is 6.25. The highest BCUT2D eigenvalue weighted by atomic mass is 15.3. The number of aromatic nitrogens is 2. The summed E-state index contributed by atoms with van der Waals surface area (Å²) in [6.07, 6.45) is 0.913. The highest BCUT2D eigenvalue weighted by Crippen LogP contribution is 2.24. The molecule has 0 amide bonds. The molecule has 0 aliphatic rings. The summed E-state index contributed by atoms with van der Waals surface area (Å²) in [5.41, 5.74) is 5.26. The summed E-state index contributed by atoms with van der Waals surface area (Å²) >= 11 is 0. The fourth-order valence-corrected chi connectivity index (χ4v) is 2.32. The third-order valence-corrected chi connectivity index (χ3v) is 3.40. The Morgan fingerprint density at radius 2 is 1.74 bits per heavy atom. The topological polar surface area (TPSA) is 17.8 Å². The van der Waals surface area contributed by atoms with Gasteiger partial charge in [0.15, 0.2) is 0 Å². The second-order valence-corrected chi connectivity index (χ2v) is 6.25. The van der Waals surface area contributed by atoms with Crippen LogP contribution in [0.2, 0.25) is 0 Å². The predicted octanol–water partition coefficient (Wildman–Crippen LogP) is 4.10. The molecule has 0 aliphatic carbocycles. The molecule has 0 unspecified atom stereocenters. The van der Waals surface area contributed by atoms with Gasteiger partial charge in [-0.2, -0.15) is 5.10 Å². The molecule has 0 atom stereocenters. The zero-order valence-corrected chi connectivity index (χ0v) is 12.7. The molecule has 0 fully saturated rings. The summed E-state index contributed by atoms with van der Waals surface area (Å²) in [6, 6.07) is 11.0.